The van der Waals surface area contributed by atoms with E-state index in [1.807, 2.05) is 0 Å². The van der Waals surface area contributed by atoms with Gasteiger partial charge in [0.15, 0.2) is 0 Å². The smallest absolute Gasteiger partial charge is 0.238 e. The average molecular weight is 327 g/mol. The SMILES string of the molecule is CC1CCCN(CCOc2ccc(S(N)(=O)=O)cc2)C1CN. The molecule has 0 bridgehead atoms. The molecule has 2 rings (SSSR count). The molecule has 0 aliphatic carbocycles. The van der Waals surface area contributed by atoms with Crippen molar-refractivity contribution in [3.05, 3.63) is 24.3 Å². The molecule has 0 saturated carbocycles. The summed E-state index contributed by atoms with van der Waals surface area (Å²) in [7, 11) is -3.65. The predicted octanol–water partition coefficient (Wildman–Crippen LogP) is 0.772. The zero-order chi connectivity index (χ0) is 16.2. The van der Waals surface area contributed by atoms with Gasteiger partial charge >= 0.3 is 0 Å². The highest BCUT2D eigenvalue weighted by Gasteiger charge is 2.26. The van der Waals surface area contributed by atoms with Crippen LogP contribution in [-0.4, -0.2) is 45.6 Å². The maximum Gasteiger partial charge on any atom is 0.238 e. The number of hydrogen-bond donors (Lipinski definition) is 2. The van der Waals surface area contributed by atoms with Gasteiger partial charge in [0.05, 0.1) is 4.90 Å². The lowest BCUT2D eigenvalue weighted by Crippen LogP contribution is -2.49. The number of likely N-dealkylation sites (tertiary alicyclic amines) is 1. The number of primary sulfonamides is 1. The van der Waals surface area contributed by atoms with E-state index in [0.717, 1.165) is 13.1 Å². The lowest BCUT2D eigenvalue weighted by Gasteiger charge is -2.39. The molecular weight excluding hydrogens is 302 g/mol. The molecule has 7 heteroatoms. The molecule has 0 aromatic heterocycles. The van der Waals surface area contributed by atoms with Crippen LogP contribution in [0.3, 0.4) is 0 Å². The van der Waals surface area contributed by atoms with Gasteiger partial charge in [-0.3, -0.25) is 4.90 Å². The molecule has 1 heterocycles. The van der Waals surface area contributed by atoms with Crippen molar-refractivity contribution in [1.29, 1.82) is 0 Å². The summed E-state index contributed by atoms with van der Waals surface area (Å²) >= 11 is 0. The summed E-state index contributed by atoms with van der Waals surface area (Å²) in [6.07, 6.45) is 2.43. The summed E-state index contributed by atoms with van der Waals surface area (Å²) in [5.74, 6) is 1.26. The minimum atomic E-state index is -3.65. The van der Waals surface area contributed by atoms with E-state index in [2.05, 4.69) is 11.8 Å². The molecule has 1 aliphatic rings. The van der Waals surface area contributed by atoms with Crippen LogP contribution in [0.1, 0.15) is 19.8 Å². The van der Waals surface area contributed by atoms with Crippen molar-refractivity contribution < 1.29 is 13.2 Å². The van der Waals surface area contributed by atoms with Crippen molar-refractivity contribution in [1.82, 2.24) is 4.90 Å². The van der Waals surface area contributed by atoms with Crippen LogP contribution in [0.4, 0.5) is 0 Å². The summed E-state index contributed by atoms with van der Waals surface area (Å²) in [6.45, 7) is 5.35. The van der Waals surface area contributed by atoms with Gasteiger partial charge in [-0.1, -0.05) is 6.92 Å². The fraction of sp³-hybridized carbons (Fsp3) is 0.600. The van der Waals surface area contributed by atoms with Crippen molar-refractivity contribution in [2.24, 2.45) is 16.8 Å². The summed E-state index contributed by atoms with van der Waals surface area (Å²) in [5, 5.41) is 5.06. The lowest BCUT2D eigenvalue weighted by molar-refractivity contribution is 0.0895. The van der Waals surface area contributed by atoms with Crippen molar-refractivity contribution in [2.45, 2.75) is 30.7 Å². The van der Waals surface area contributed by atoms with Gasteiger partial charge in [-0.05, 0) is 49.6 Å². The van der Waals surface area contributed by atoms with Gasteiger partial charge in [-0.15, -0.1) is 0 Å². The van der Waals surface area contributed by atoms with Crippen molar-refractivity contribution in [3.63, 3.8) is 0 Å². The third kappa shape index (κ3) is 4.42. The monoisotopic (exact) mass is 327 g/mol. The topological polar surface area (TPSA) is 98.6 Å². The number of sulfonamides is 1. The van der Waals surface area contributed by atoms with Gasteiger partial charge in [-0.2, -0.15) is 0 Å². The minimum Gasteiger partial charge on any atom is -0.492 e. The summed E-state index contributed by atoms with van der Waals surface area (Å²) in [6, 6.07) is 6.58. The highest BCUT2D eigenvalue weighted by molar-refractivity contribution is 7.89. The van der Waals surface area contributed by atoms with Crippen molar-refractivity contribution in [2.75, 3.05) is 26.2 Å². The van der Waals surface area contributed by atoms with E-state index >= 15 is 0 Å². The highest BCUT2D eigenvalue weighted by atomic mass is 32.2. The van der Waals surface area contributed by atoms with E-state index in [-0.39, 0.29) is 4.90 Å². The number of piperidine rings is 1. The Bertz CT molecular complexity index is 574. The molecule has 0 spiro atoms. The van der Waals surface area contributed by atoms with Crippen LogP contribution in [0.5, 0.6) is 5.75 Å². The quantitative estimate of drug-likeness (QED) is 0.804. The van der Waals surface area contributed by atoms with Crippen LogP contribution in [0.25, 0.3) is 0 Å². The van der Waals surface area contributed by atoms with E-state index in [9.17, 15) is 8.42 Å². The molecular formula is C15H25N3O3S. The van der Waals surface area contributed by atoms with E-state index in [1.54, 1.807) is 12.1 Å². The first-order valence-electron chi connectivity index (χ1n) is 7.61. The molecule has 0 amide bonds. The van der Waals surface area contributed by atoms with Gasteiger partial charge in [0.1, 0.15) is 12.4 Å². The summed E-state index contributed by atoms with van der Waals surface area (Å²) < 4.78 is 28.1. The van der Waals surface area contributed by atoms with E-state index in [0.29, 0.717) is 30.9 Å². The second kappa shape index (κ2) is 7.41. The third-order valence-corrected chi connectivity index (χ3v) is 5.20. The Hall–Kier alpha value is -1.15. The minimum absolute atomic E-state index is 0.0906. The largest absolute Gasteiger partial charge is 0.492 e. The fourth-order valence-electron chi connectivity index (χ4n) is 3.00. The predicted molar refractivity (Wildman–Crippen MR) is 86.1 cm³/mol. The van der Waals surface area contributed by atoms with Crippen molar-refractivity contribution in [3.8, 4) is 5.75 Å². The highest BCUT2D eigenvalue weighted by Crippen LogP contribution is 2.22. The Morgan fingerprint density at radius 2 is 2.00 bits per heavy atom. The maximum absolute atomic E-state index is 11.2. The van der Waals surface area contributed by atoms with Crippen LogP contribution in [0, 0.1) is 5.92 Å². The van der Waals surface area contributed by atoms with Gasteiger partial charge in [0.25, 0.3) is 0 Å². The van der Waals surface area contributed by atoms with Gasteiger partial charge in [0.2, 0.25) is 10.0 Å². The zero-order valence-corrected chi connectivity index (χ0v) is 13.8. The van der Waals surface area contributed by atoms with Gasteiger partial charge in [-0.25, -0.2) is 13.6 Å². The number of nitrogens with zero attached hydrogens (tertiary/aromatic N) is 1. The van der Waals surface area contributed by atoms with Crippen LogP contribution >= 0.6 is 0 Å². The number of benzene rings is 1. The third-order valence-electron chi connectivity index (χ3n) is 4.27. The van der Waals surface area contributed by atoms with Crippen LogP contribution in [0.15, 0.2) is 29.2 Å². The van der Waals surface area contributed by atoms with E-state index in [4.69, 9.17) is 15.6 Å². The number of rotatable bonds is 6. The molecule has 124 valence electrons. The number of ether oxygens (including phenoxy) is 1. The summed E-state index contributed by atoms with van der Waals surface area (Å²) in [5.41, 5.74) is 5.87. The molecule has 6 nitrogen and oxygen atoms in total. The van der Waals surface area contributed by atoms with E-state index in [1.165, 1.54) is 25.0 Å². The van der Waals surface area contributed by atoms with Crippen LogP contribution in [-0.2, 0) is 10.0 Å². The first-order valence-corrected chi connectivity index (χ1v) is 9.16. The number of hydrogen-bond acceptors (Lipinski definition) is 5. The summed E-state index contributed by atoms with van der Waals surface area (Å²) in [4.78, 5) is 2.47. The zero-order valence-electron chi connectivity index (χ0n) is 12.9. The van der Waals surface area contributed by atoms with Gasteiger partial charge in [0, 0.05) is 19.1 Å². The van der Waals surface area contributed by atoms with Crippen LogP contribution in [0.2, 0.25) is 0 Å². The standard InChI is InChI=1S/C15H25N3O3S/c1-12-3-2-8-18(15(12)11-16)9-10-21-13-4-6-14(7-5-13)22(17,19)20/h4-7,12,15H,2-3,8-11,16H2,1H3,(H2,17,19,20). The molecule has 1 saturated heterocycles. The normalized spacial score (nSPS) is 23.4. The first-order chi connectivity index (χ1) is 10.4. The Morgan fingerprint density at radius 3 is 2.59 bits per heavy atom. The van der Waals surface area contributed by atoms with Crippen LogP contribution < -0.4 is 15.6 Å². The lowest BCUT2D eigenvalue weighted by atomic mass is 9.91. The molecule has 1 fully saturated rings. The second-order valence-corrected chi connectivity index (χ2v) is 7.38. The molecule has 4 N–H and O–H groups in total. The molecule has 1 aromatic carbocycles. The fourth-order valence-corrected chi connectivity index (χ4v) is 3.52. The second-order valence-electron chi connectivity index (χ2n) is 5.82. The number of nitrogens with two attached hydrogens (primary N) is 2. The first kappa shape index (κ1) is 17.2. The Labute approximate surface area is 132 Å². The Morgan fingerprint density at radius 1 is 1.32 bits per heavy atom. The average Bonchev–Trinajstić information content (AvgIpc) is 2.47. The molecule has 22 heavy (non-hydrogen) atoms. The van der Waals surface area contributed by atoms with Gasteiger partial charge < -0.3 is 10.5 Å². The maximum atomic E-state index is 11.2. The Balaban J connectivity index is 1.85. The molecule has 0 radical (unpaired) electrons. The molecule has 1 aromatic rings. The molecule has 1 aliphatic heterocycles. The van der Waals surface area contributed by atoms with E-state index < -0.39 is 10.0 Å². The molecule has 2 unspecified atom stereocenters. The molecule has 2 atom stereocenters. The Kier molecular flexibility index (Phi) is 5.80. The van der Waals surface area contributed by atoms with Crippen molar-refractivity contribution >= 4 is 10.0 Å².